The summed E-state index contributed by atoms with van der Waals surface area (Å²) < 4.78 is 19.2. The fraction of sp³-hybridized carbons (Fsp3) is 0.235. The number of hydrogen-bond donors (Lipinski definition) is 1. The van der Waals surface area contributed by atoms with E-state index < -0.39 is 0 Å². The van der Waals surface area contributed by atoms with Gasteiger partial charge in [-0.25, -0.2) is 4.39 Å². The quantitative estimate of drug-likeness (QED) is 0.884. The molecule has 2 aromatic carbocycles. The number of nitriles is 1. The Hall–Kier alpha value is -2.38. The highest BCUT2D eigenvalue weighted by Gasteiger charge is 2.05. The van der Waals surface area contributed by atoms with Crippen LogP contribution in [0, 0.1) is 17.1 Å². The zero-order valence-electron chi connectivity index (χ0n) is 11.9. The number of nitrogens with zero attached hydrogens (tertiary/aromatic N) is 1. The molecule has 0 fully saturated rings. The summed E-state index contributed by atoms with van der Waals surface area (Å²) in [5, 5.41) is 12.1. The van der Waals surface area contributed by atoms with Crippen molar-refractivity contribution in [2.24, 2.45) is 0 Å². The Labute approximate surface area is 124 Å². The molecular weight excluding hydrogens is 267 g/mol. The molecule has 0 aliphatic rings. The predicted molar refractivity (Wildman–Crippen MR) is 79.3 cm³/mol. The van der Waals surface area contributed by atoms with Crippen LogP contribution in [0.25, 0.3) is 0 Å². The zero-order chi connectivity index (χ0) is 15.1. The molecule has 0 saturated carbocycles. The highest BCUT2D eigenvalue weighted by Crippen LogP contribution is 2.16. The topological polar surface area (TPSA) is 45.0 Å². The number of halogens is 1. The smallest absolute Gasteiger partial charge is 0.129 e. The number of rotatable bonds is 6. The van der Waals surface area contributed by atoms with Crippen LogP contribution < -0.4 is 10.1 Å². The van der Waals surface area contributed by atoms with Crippen molar-refractivity contribution < 1.29 is 9.13 Å². The molecule has 0 amide bonds. The molecule has 0 heterocycles. The zero-order valence-corrected chi connectivity index (χ0v) is 11.9. The van der Waals surface area contributed by atoms with Gasteiger partial charge in [0.15, 0.2) is 0 Å². The summed E-state index contributed by atoms with van der Waals surface area (Å²) in [6, 6.07) is 13.9. The lowest BCUT2D eigenvalue weighted by Gasteiger charge is -2.08. The molecule has 2 aromatic rings. The average Bonchev–Trinajstić information content (AvgIpc) is 2.53. The van der Waals surface area contributed by atoms with Gasteiger partial charge in [-0.2, -0.15) is 5.26 Å². The number of ether oxygens (including phenoxy) is 1. The van der Waals surface area contributed by atoms with Crippen LogP contribution in [0.4, 0.5) is 4.39 Å². The normalized spacial score (nSPS) is 10.1. The summed E-state index contributed by atoms with van der Waals surface area (Å²) in [6.45, 7) is 3.90. The van der Waals surface area contributed by atoms with E-state index >= 15 is 0 Å². The van der Waals surface area contributed by atoms with E-state index in [1.165, 1.54) is 23.8 Å². The van der Waals surface area contributed by atoms with E-state index in [2.05, 4.69) is 12.2 Å². The first-order chi connectivity index (χ1) is 10.2. The molecule has 0 saturated heterocycles. The summed E-state index contributed by atoms with van der Waals surface area (Å²) in [6.07, 6.45) is 0. The van der Waals surface area contributed by atoms with Gasteiger partial charge in [-0.1, -0.05) is 19.1 Å². The second-order valence-corrected chi connectivity index (χ2v) is 4.63. The molecular formula is C17H17FN2O. The van der Waals surface area contributed by atoms with Crippen LogP contribution in [0.1, 0.15) is 23.6 Å². The minimum atomic E-state index is -0.363. The third-order valence-electron chi connectivity index (χ3n) is 3.07. The molecule has 2 rings (SSSR count). The molecule has 3 nitrogen and oxygen atoms in total. The summed E-state index contributed by atoms with van der Waals surface area (Å²) in [5.74, 6) is 0.315. The Kier molecular flexibility index (Phi) is 5.30. The number of hydrogen-bond acceptors (Lipinski definition) is 3. The Balaban J connectivity index is 1.98. The van der Waals surface area contributed by atoms with Crippen LogP contribution in [0.2, 0.25) is 0 Å². The second kappa shape index (κ2) is 7.41. The lowest BCUT2D eigenvalue weighted by atomic mass is 10.1. The van der Waals surface area contributed by atoms with E-state index in [1.807, 2.05) is 30.3 Å². The molecule has 0 aliphatic carbocycles. The summed E-state index contributed by atoms with van der Waals surface area (Å²) in [4.78, 5) is 0. The molecule has 0 bridgehead atoms. The standard InChI is InChI=1S/C17H17FN2O/c1-2-20-11-13-3-6-16(7-4-13)21-12-15-9-14(10-19)5-8-17(15)18/h3-9,20H,2,11-12H2,1H3. The van der Waals surface area contributed by atoms with Crippen LogP contribution in [-0.2, 0) is 13.2 Å². The van der Waals surface area contributed by atoms with Crippen LogP contribution >= 0.6 is 0 Å². The van der Waals surface area contributed by atoms with Gasteiger partial charge in [-0.3, -0.25) is 0 Å². The van der Waals surface area contributed by atoms with Gasteiger partial charge in [0.25, 0.3) is 0 Å². The van der Waals surface area contributed by atoms with E-state index in [0.29, 0.717) is 16.9 Å². The van der Waals surface area contributed by atoms with Crippen LogP contribution in [-0.4, -0.2) is 6.54 Å². The summed E-state index contributed by atoms with van der Waals surface area (Å²) in [5.41, 5.74) is 1.98. The first-order valence-electron chi connectivity index (χ1n) is 6.84. The first kappa shape index (κ1) is 15.0. The molecule has 0 radical (unpaired) electrons. The highest BCUT2D eigenvalue weighted by atomic mass is 19.1. The SMILES string of the molecule is CCNCc1ccc(OCc2cc(C#N)ccc2F)cc1. The van der Waals surface area contributed by atoms with Crippen molar-refractivity contribution >= 4 is 0 Å². The van der Waals surface area contributed by atoms with Crippen LogP contribution in [0.3, 0.4) is 0 Å². The highest BCUT2D eigenvalue weighted by molar-refractivity contribution is 5.34. The van der Waals surface area contributed by atoms with Gasteiger partial charge < -0.3 is 10.1 Å². The van der Waals surface area contributed by atoms with Crippen molar-refractivity contribution in [1.29, 1.82) is 5.26 Å². The van der Waals surface area contributed by atoms with Gasteiger partial charge in [0.05, 0.1) is 11.6 Å². The van der Waals surface area contributed by atoms with Crippen molar-refractivity contribution in [2.75, 3.05) is 6.54 Å². The summed E-state index contributed by atoms with van der Waals surface area (Å²) in [7, 11) is 0. The Morgan fingerprint density at radius 2 is 1.95 bits per heavy atom. The largest absolute Gasteiger partial charge is 0.489 e. The maximum Gasteiger partial charge on any atom is 0.129 e. The van der Waals surface area contributed by atoms with E-state index in [9.17, 15) is 4.39 Å². The minimum Gasteiger partial charge on any atom is -0.489 e. The number of nitrogens with one attached hydrogen (secondary N) is 1. The molecule has 21 heavy (non-hydrogen) atoms. The molecule has 108 valence electrons. The molecule has 0 atom stereocenters. The van der Waals surface area contributed by atoms with Crippen molar-refractivity contribution in [1.82, 2.24) is 5.32 Å². The number of benzene rings is 2. The van der Waals surface area contributed by atoms with E-state index in [-0.39, 0.29) is 12.4 Å². The summed E-state index contributed by atoms with van der Waals surface area (Å²) >= 11 is 0. The molecule has 4 heteroatoms. The van der Waals surface area contributed by atoms with Gasteiger partial charge in [0.2, 0.25) is 0 Å². The van der Waals surface area contributed by atoms with Gasteiger partial charge in [-0.15, -0.1) is 0 Å². The van der Waals surface area contributed by atoms with E-state index in [1.54, 1.807) is 0 Å². The Bertz CT molecular complexity index is 632. The van der Waals surface area contributed by atoms with Crippen LogP contribution in [0.5, 0.6) is 5.75 Å². The van der Waals surface area contributed by atoms with Gasteiger partial charge in [0.1, 0.15) is 18.2 Å². The van der Waals surface area contributed by atoms with Crippen LogP contribution in [0.15, 0.2) is 42.5 Å². The maximum atomic E-state index is 13.6. The predicted octanol–water partition coefficient (Wildman–Crippen LogP) is 3.39. The molecule has 0 unspecified atom stereocenters. The lowest BCUT2D eigenvalue weighted by molar-refractivity contribution is 0.299. The molecule has 0 aromatic heterocycles. The average molecular weight is 284 g/mol. The van der Waals surface area contributed by atoms with Crippen molar-refractivity contribution in [3.8, 4) is 11.8 Å². The maximum absolute atomic E-state index is 13.6. The molecule has 0 spiro atoms. The van der Waals surface area contributed by atoms with Gasteiger partial charge >= 0.3 is 0 Å². The van der Waals surface area contributed by atoms with Crippen molar-refractivity contribution in [3.05, 3.63) is 65.0 Å². The first-order valence-corrected chi connectivity index (χ1v) is 6.84. The monoisotopic (exact) mass is 284 g/mol. The second-order valence-electron chi connectivity index (χ2n) is 4.63. The fourth-order valence-corrected chi connectivity index (χ4v) is 1.89. The van der Waals surface area contributed by atoms with E-state index in [4.69, 9.17) is 10.00 Å². The Morgan fingerprint density at radius 3 is 2.62 bits per heavy atom. The van der Waals surface area contributed by atoms with Crippen molar-refractivity contribution in [3.63, 3.8) is 0 Å². The van der Waals surface area contributed by atoms with Gasteiger partial charge in [-0.05, 0) is 42.4 Å². The Morgan fingerprint density at radius 1 is 1.19 bits per heavy atom. The lowest BCUT2D eigenvalue weighted by Crippen LogP contribution is -2.11. The fourth-order valence-electron chi connectivity index (χ4n) is 1.89. The van der Waals surface area contributed by atoms with Gasteiger partial charge in [0, 0.05) is 12.1 Å². The molecule has 1 N–H and O–H groups in total. The minimum absolute atomic E-state index is 0.105. The van der Waals surface area contributed by atoms with Crippen molar-refractivity contribution in [2.45, 2.75) is 20.1 Å². The van der Waals surface area contributed by atoms with E-state index in [0.717, 1.165) is 13.1 Å². The third kappa shape index (κ3) is 4.30. The molecule has 0 aliphatic heterocycles. The third-order valence-corrected chi connectivity index (χ3v) is 3.07.